The molecule has 0 heterocycles. The molecule has 0 aliphatic heterocycles. The van der Waals surface area contributed by atoms with Crippen LogP contribution in [0.2, 0.25) is 0 Å². The monoisotopic (exact) mass is 318 g/mol. The zero-order valence-corrected chi connectivity index (χ0v) is 12.0. The Bertz CT molecular complexity index is 285. The van der Waals surface area contributed by atoms with E-state index in [2.05, 4.69) is 48.3 Å². The van der Waals surface area contributed by atoms with E-state index in [0.717, 1.165) is 0 Å². The first-order valence-electron chi connectivity index (χ1n) is 5.71. The summed E-state index contributed by atoms with van der Waals surface area (Å²) in [5.74, 6) is 0. The van der Waals surface area contributed by atoms with Crippen molar-refractivity contribution < 1.29 is 0 Å². The van der Waals surface area contributed by atoms with E-state index in [1.165, 1.54) is 34.9 Å². The third-order valence-electron chi connectivity index (χ3n) is 2.30. The Morgan fingerprint density at radius 2 is 1.87 bits per heavy atom. The molecule has 0 atom stereocenters. The molecule has 15 heavy (non-hydrogen) atoms. The van der Waals surface area contributed by atoms with Gasteiger partial charge in [0.25, 0.3) is 0 Å². The summed E-state index contributed by atoms with van der Waals surface area (Å²) in [5.41, 5.74) is 1.36. The second-order valence-electron chi connectivity index (χ2n) is 3.80. The Morgan fingerprint density at radius 1 is 1.13 bits per heavy atom. The third kappa shape index (κ3) is 6.03. The average Bonchev–Trinajstić information content (AvgIpc) is 2.26. The molecular weight excluding hydrogens is 296 g/mol. The van der Waals surface area contributed by atoms with Crippen molar-refractivity contribution in [3.63, 3.8) is 0 Å². The number of hydrogen-bond acceptors (Lipinski definition) is 0. The molecule has 0 bridgehead atoms. The first-order valence-corrected chi connectivity index (χ1v) is 8.22. The van der Waals surface area contributed by atoms with Crippen LogP contribution in [0, 0.1) is 6.92 Å². The molecule has 0 aliphatic rings. The molecule has 0 saturated carbocycles. The van der Waals surface area contributed by atoms with Gasteiger partial charge >= 0.3 is 104 Å². The van der Waals surface area contributed by atoms with Gasteiger partial charge in [-0.05, 0) is 0 Å². The molecule has 0 N–H and O–H groups in total. The number of aryl methyl sites for hydroxylation is 1. The van der Waals surface area contributed by atoms with Crippen LogP contribution < -0.4 is 3.61 Å². The molecule has 0 radical (unpaired) electrons. The molecule has 1 rings (SSSR count). The van der Waals surface area contributed by atoms with Gasteiger partial charge in [0.15, 0.2) is 0 Å². The van der Waals surface area contributed by atoms with Crippen molar-refractivity contribution in [1.82, 2.24) is 0 Å². The SMILES string of the molecule is CCCCC/C=C/[Te]c1ccc(C)cc1. The van der Waals surface area contributed by atoms with Crippen LogP contribution in [0.3, 0.4) is 0 Å². The van der Waals surface area contributed by atoms with Crippen LogP contribution in [0.25, 0.3) is 0 Å². The van der Waals surface area contributed by atoms with Gasteiger partial charge in [-0.25, -0.2) is 0 Å². The normalized spacial score (nSPS) is 11.1. The summed E-state index contributed by atoms with van der Waals surface area (Å²) < 4.78 is 3.96. The molecule has 82 valence electrons. The topological polar surface area (TPSA) is 0 Å². The zero-order chi connectivity index (χ0) is 10.9. The van der Waals surface area contributed by atoms with E-state index >= 15 is 0 Å². The summed E-state index contributed by atoms with van der Waals surface area (Å²) in [6, 6.07) is 8.97. The summed E-state index contributed by atoms with van der Waals surface area (Å²) in [7, 11) is 0. The number of hydrogen-bond donors (Lipinski definition) is 0. The maximum absolute atomic E-state index is 2.42. The molecule has 1 heteroatoms. The van der Waals surface area contributed by atoms with Crippen molar-refractivity contribution in [3.05, 3.63) is 40.0 Å². The molecule has 1 aromatic carbocycles. The van der Waals surface area contributed by atoms with Gasteiger partial charge in [0, 0.05) is 0 Å². The maximum atomic E-state index is 2.42. The fourth-order valence-corrected chi connectivity index (χ4v) is 3.27. The molecule has 0 spiro atoms. The van der Waals surface area contributed by atoms with Gasteiger partial charge in [0.05, 0.1) is 0 Å². The summed E-state index contributed by atoms with van der Waals surface area (Å²) >= 11 is -0.0643. The number of benzene rings is 1. The standard InChI is InChI=1S/C14H20Te/c1-3-4-5-6-7-12-15-14-10-8-13(2)9-11-14/h7-12H,3-6H2,1-2H3/b12-7+. The van der Waals surface area contributed by atoms with Gasteiger partial charge in [-0.15, -0.1) is 0 Å². The molecular formula is C14H20Te. The van der Waals surface area contributed by atoms with Gasteiger partial charge in [0.1, 0.15) is 0 Å². The van der Waals surface area contributed by atoms with Crippen molar-refractivity contribution in [1.29, 1.82) is 0 Å². The molecule has 0 saturated heterocycles. The Hall–Kier alpha value is -0.250. The molecule has 0 aliphatic carbocycles. The Labute approximate surface area is 104 Å². The number of allylic oxidation sites excluding steroid dienone is 1. The van der Waals surface area contributed by atoms with Crippen molar-refractivity contribution in [2.45, 2.75) is 39.5 Å². The Balaban J connectivity index is 2.22. The molecule has 0 amide bonds. The van der Waals surface area contributed by atoms with Crippen LogP contribution in [0.5, 0.6) is 0 Å². The summed E-state index contributed by atoms with van der Waals surface area (Å²) in [5, 5.41) is 0. The fraction of sp³-hybridized carbons (Fsp3) is 0.429. The quantitative estimate of drug-likeness (QED) is 0.557. The van der Waals surface area contributed by atoms with E-state index in [-0.39, 0.29) is 20.9 Å². The van der Waals surface area contributed by atoms with E-state index in [1.54, 1.807) is 0 Å². The molecule has 1 aromatic rings. The molecule has 0 nitrogen and oxygen atoms in total. The van der Waals surface area contributed by atoms with Crippen LogP contribution in [0.4, 0.5) is 0 Å². The average molecular weight is 316 g/mol. The van der Waals surface area contributed by atoms with Crippen molar-refractivity contribution in [3.8, 4) is 0 Å². The zero-order valence-electron chi connectivity index (χ0n) is 9.70. The summed E-state index contributed by atoms with van der Waals surface area (Å²) in [6.07, 6.45) is 7.69. The van der Waals surface area contributed by atoms with E-state index in [0.29, 0.717) is 0 Å². The van der Waals surface area contributed by atoms with Gasteiger partial charge < -0.3 is 0 Å². The number of unbranched alkanes of at least 4 members (excludes halogenated alkanes) is 3. The van der Waals surface area contributed by atoms with Gasteiger partial charge in [-0.1, -0.05) is 0 Å². The fourth-order valence-electron chi connectivity index (χ4n) is 1.32. The molecule has 0 unspecified atom stereocenters. The van der Waals surface area contributed by atoms with Crippen LogP contribution in [0.1, 0.15) is 38.2 Å². The van der Waals surface area contributed by atoms with Crippen molar-refractivity contribution in [2.75, 3.05) is 0 Å². The Morgan fingerprint density at radius 3 is 2.53 bits per heavy atom. The van der Waals surface area contributed by atoms with E-state index in [1.807, 2.05) is 0 Å². The number of rotatable bonds is 6. The summed E-state index contributed by atoms with van der Waals surface area (Å²) in [4.78, 5) is 0. The van der Waals surface area contributed by atoms with Gasteiger partial charge in [0.2, 0.25) is 0 Å². The predicted molar refractivity (Wildman–Crippen MR) is 69.8 cm³/mol. The van der Waals surface area contributed by atoms with Gasteiger partial charge in [-0.2, -0.15) is 0 Å². The van der Waals surface area contributed by atoms with E-state index < -0.39 is 0 Å². The van der Waals surface area contributed by atoms with E-state index in [9.17, 15) is 0 Å². The van der Waals surface area contributed by atoms with Gasteiger partial charge in [-0.3, -0.25) is 0 Å². The minimum absolute atomic E-state index is 0.0643. The molecule has 0 aromatic heterocycles. The summed E-state index contributed by atoms with van der Waals surface area (Å²) in [6.45, 7) is 4.40. The first kappa shape index (κ1) is 12.8. The molecule has 0 fully saturated rings. The predicted octanol–water partition coefficient (Wildman–Crippen LogP) is 3.42. The second kappa shape index (κ2) is 7.97. The van der Waals surface area contributed by atoms with Crippen LogP contribution in [-0.4, -0.2) is 20.9 Å². The minimum atomic E-state index is -0.0643. The van der Waals surface area contributed by atoms with Crippen LogP contribution in [-0.2, 0) is 0 Å². The van der Waals surface area contributed by atoms with E-state index in [4.69, 9.17) is 0 Å². The Kier molecular flexibility index (Phi) is 6.81. The third-order valence-corrected chi connectivity index (χ3v) is 4.79. The first-order chi connectivity index (χ1) is 7.33. The van der Waals surface area contributed by atoms with Crippen molar-refractivity contribution >= 4 is 24.5 Å². The second-order valence-corrected chi connectivity index (χ2v) is 6.59. The van der Waals surface area contributed by atoms with Crippen molar-refractivity contribution in [2.24, 2.45) is 0 Å². The van der Waals surface area contributed by atoms with Crippen LogP contribution in [0.15, 0.2) is 34.5 Å². The van der Waals surface area contributed by atoms with Crippen LogP contribution >= 0.6 is 0 Å².